The van der Waals surface area contributed by atoms with Gasteiger partial charge in [0.15, 0.2) is 0 Å². The van der Waals surface area contributed by atoms with E-state index in [1.54, 1.807) is 18.2 Å². The Kier molecular flexibility index (Phi) is 4.91. The number of thioether (sulfide) groups is 1. The lowest BCUT2D eigenvalue weighted by Gasteiger charge is -2.08. The fourth-order valence-electron chi connectivity index (χ4n) is 1.66. The number of benzene rings is 2. The van der Waals surface area contributed by atoms with E-state index in [1.165, 1.54) is 17.8 Å². The first kappa shape index (κ1) is 15.2. The highest BCUT2D eigenvalue weighted by Gasteiger charge is 2.17. The van der Waals surface area contributed by atoms with E-state index in [0.29, 0.717) is 22.0 Å². The largest absolute Gasteiger partial charge is 0.398 e. The Morgan fingerprint density at radius 3 is 2.75 bits per heavy atom. The van der Waals surface area contributed by atoms with Crippen molar-refractivity contribution in [1.29, 1.82) is 0 Å². The van der Waals surface area contributed by atoms with Gasteiger partial charge >= 0.3 is 0 Å². The molecule has 7 heteroatoms. The highest BCUT2D eigenvalue weighted by atomic mass is 79.9. The molecule has 0 bridgehead atoms. The van der Waals surface area contributed by atoms with Crippen LogP contribution in [0.4, 0.5) is 11.4 Å². The molecular weight excluding hydrogens is 364 g/mol. The quantitative estimate of drug-likeness (QED) is 0.359. The summed E-state index contributed by atoms with van der Waals surface area (Å²) in [4.78, 5) is 11.4. The number of hydrogen-bond acceptors (Lipinski definition) is 4. The minimum absolute atomic E-state index is 0.0284. The van der Waals surface area contributed by atoms with Gasteiger partial charge in [0.05, 0.1) is 15.5 Å². The van der Waals surface area contributed by atoms with E-state index in [4.69, 9.17) is 17.3 Å². The fourth-order valence-corrected chi connectivity index (χ4v) is 3.35. The van der Waals surface area contributed by atoms with Crippen molar-refractivity contribution in [3.8, 4) is 0 Å². The number of nitrogen functional groups attached to an aromatic ring is 1. The summed E-state index contributed by atoms with van der Waals surface area (Å²) in [6, 6.07) is 10.2. The molecule has 0 saturated carbocycles. The summed E-state index contributed by atoms with van der Waals surface area (Å²) in [7, 11) is 0. The van der Waals surface area contributed by atoms with Crippen molar-refractivity contribution < 1.29 is 4.92 Å². The average Bonchev–Trinajstić information content (AvgIpc) is 2.38. The predicted molar refractivity (Wildman–Crippen MR) is 86.2 cm³/mol. The Morgan fingerprint density at radius 1 is 1.35 bits per heavy atom. The molecule has 0 unspecified atom stereocenters. The molecule has 0 radical (unpaired) electrons. The Bertz CT molecular complexity index is 667. The number of nitrogens with zero attached hydrogens (tertiary/aromatic N) is 1. The molecule has 2 rings (SSSR count). The normalized spacial score (nSPS) is 10.5. The standard InChI is InChI=1S/C13H10BrClN2O2S/c14-8-4-5-13(11(16)6-8)20-7-9-10(15)2-1-3-12(9)17(18)19/h1-6H,7,16H2. The summed E-state index contributed by atoms with van der Waals surface area (Å²) in [5.74, 6) is 0.391. The van der Waals surface area contributed by atoms with E-state index in [0.717, 1.165) is 9.37 Å². The first-order valence-electron chi connectivity index (χ1n) is 5.58. The predicted octanol–water partition coefficient (Wildman–Crippen LogP) is 4.89. The fraction of sp³-hybridized carbons (Fsp3) is 0.0769. The molecule has 0 atom stereocenters. The average molecular weight is 374 g/mol. The van der Waals surface area contributed by atoms with Crippen LogP contribution in [0.1, 0.15) is 5.56 Å². The Morgan fingerprint density at radius 2 is 2.10 bits per heavy atom. The molecule has 2 N–H and O–H groups in total. The molecule has 0 aliphatic rings. The van der Waals surface area contributed by atoms with Gasteiger partial charge in [-0.05, 0) is 24.3 Å². The zero-order valence-corrected chi connectivity index (χ0v) is 13.3. The van der Waals surface area contributed by atoms with Crippen LogP contribution in [0.15, 0.2) is 45.8 Å². The van der Waals surface area contributed by atoms with E-state index >= 15 is 0 Å². The Hall–Kier alpha value is -1.24. The first-order chi connectivity index (χ1) is 9.49. The highest BCUT2D eigenvalue weighted by molar-refractivity contribution is 9.10. The molecule has 0 spiro atoms. The third-order valence-corrected chi connectivity index (χ3v) is 4.60. The van der Waals surface area contributed by atoms with Gasteiger partial charge in [-0.2, -0.15) is 0 Å². The van der Waals surface area contributed by atoms with Crippen LogP contribution in [0.25, 0.3) is 0 Å². The van der Waals surface area contributed by atoms with Crippen molar-refractivity contribution in [3.05, 3.63) is 61.6 Å². The van der Waals surface area contributed by atoms with Crippen molar-refractivity contribution in [2.45, 2.75) is 10.6 Å². The van der Waals surface area contributed by atoms with Crippen LogP contribution in [0.5, 0.6) is 0 Å². The molecule has 2 aromatic rings. The summed E-state index contributed by atoms with van der Waals surface area (Å²) >= 11 is 10.8. The first-order valence-corrected chi connectivity index (χ1v) is 7.74. The SMILES string of the molecule is Nc1cc(Br)ccc1SCc1c(Cl)cccc1[N+](=O)[O-]. The van der Waals surface area contributed by atoms with Gasteiger partial charge < -0.3 is 5.73 Å². The molecule has 0 aromatic heterocycles. The summed E-state index contributed by atoms with van der Waals surface area (Å²) in [5, 5.41) is 11.4. The summed E-state index contributed by atoms with van der Waals surface area (Å²) in [5.41, 5.74) is 7.06. The molecule has 0 aliphatic carbocycles. The lowest BCUT2D eigenvalue weighted by Crippen LogP contribution is -1.95. The van der Waals surface area contributed by atoms with Crippen LogP contribution < -0.4 is 5.73 Å². The number of nitro groups is 1. The second-order valence-electron chi connectivity index (χ2n) is 3.97. The molecule has 104 valence electrons. The van der Waals surface area contributed by atoms with Crippen LogP contribution in [0.2, 0.25) is 5.02 Å². The summed E-state index contributed by atoms with van der Waals surface area (Å²) in [6.45, 7) is 0. The molecule has 0 saturated heterocycles. The van der Waals surface area contributed by atoms with Crippen molar-refractivity contribution in [3.63, 3.8) is 0 Å². The minimum atomic E-state index is -0.424. The van der Waals surface area contributed by atoms with Gasteiger partial charge in [0.1, 0.15) is 0 Å². The maximum Gasteiger partial charge on any atom is 0.274 e. The summed E-state index contributed by atoms with van der Waals surface area (Å²) in [6.07, 6.45) is 0. The number of nitrogens with two attached hydrogens (primary N) is 1. The van der Waals surface area contributed by atoms with Gasteiger partial charge in [-0.1, -0.05) is 33.6 Å². The Balaban J connectivity index is 2.25. The van der Waals surface area contributed by atoms with Crippen LogP contribution in [0.3, 0.4) is 0 Å². The van der Waals surface area contributed by atoms with Gasteiger partial charge in [-0.25, -0.2) is 0 Å². The third-order valence-electron chi connectivity index (χ3n) is 2.63. The van der Waals surface area contributed by atoms with Crippen molar-refractivity contribution in [2.24, 2.45) is 0 Å². The minimum Gasteiger partial charge on any atom is -0.398 e. The van der Waals surface area contributed by atoms with Gasteiger partial charge in [0.2, 0.25) is 0 Å². The molecule has 2 aromatic carbocycles. The van der Waals surface area contributed by atoms with E-state index in [1.807, 2.05) is 12.1 Å². The topological polar surface area (TPSA) is 69.2 Å². The second kappa shape index (κ2) is 6.47. The van der Waals surface area contributed by atoms with Crippen molar-refractivity contribution in [2.75, 3.05) is 5.73 Å². The van der Waals surface area contributed by atoms with Crippen LogP contribution in [0, 0.1) is 10.1 Å². The van der Waals surface area contributed by atoms with E-state index < -0.39 is 4.92 Å². The molecule has 0 heterocycles. The van der Waals surface area contributed by atoms with Crippen LogP contribution in [-0.2, 0) is 5.75 Å². The molecule has 0 aliphatic heterocycles. The van der Waals surface area contributed by atoms with E-state index in [9.17, 15) is 10.1 Å². The molecule has 0 amide bonds. The molecule has 20 heavy (non-hydrogen) atoms. The maximum atomic E-state index is 11.0. The van der Waals surface area contributed by atoms with Crippen LogP contribution in [-0.4, -0.2) is 4.92 Å². The summed E-state index contributed by atoms with van der Waals surface area (Å²) < 4.78 is 0.892. The molecule has 0 fully saturated rings. The molecular formula is C13H10BrClN2O2S. The smallest absolute Gasteiger partial charge is 0.274 e. The van der Waals surface area contributed by atoms with E-state index in [-0.39, 0.29) is 5.69 Å². The second-order valence-corrected chi connectivity index (χ2v) is 6.31. The maximum absolute atomic E-state index is 11.0. The third kappa shape index (κ3) is 3.45. The van der Waals surface area contributed by atoms with E-state index in [2.05, 4.69) is 15.9 Å². The zero-order valence-electron chi connectivity index (χ0n) is 10.2. The number of rotatable bonds is 4. The van der Waals surface area contributed by atoms with Gasteiger partial charge in [-0.15, -0.1) is 11.8 Å². The molecule has 4 nitrogen and oxygen atoms in total. The lowest BCUT2D eigenvalue weighted by atomic mass is 10.2. The van der Waals surface area contributed by atoms with Crippen molar-refractivity contribution in [1.82, 2.24) is 0 Å². The van der Waals surface area contributed by atoms with Crippen LogP contribution >= 0.6 is 39.3 Å². The number of halogens is 2. The highest BCUT2D eigenvalue weighted by Crippen LogP contribution is 2.35. The number of hydrogen-bond donors (Lipinski definition) is 1. The lowest BCUT2D eigenvalue weighted by molar-refractivity contribution is -0.385. The van der Waals surface area contributed by atoms with Gasteiger partial charge in [-0.3, -0.25) is 10.1 Å². The monoisotopic (exact) mass is 372 g/mol. The van der Waals surface area contributed by atoms with Crippen molar-refractivity contribution >= 4 is 50.7 Å². The number of anilines is 1. The Labute approximate surface area is 133 Å². The van der Waals surface area contributed by atoms with Gasteiger partial charge in [0, 0.05) is 26.9 Å². The zero-order chi connectivity index (χ0) is 14.7. The van der Waals surface area contributed by atoms with Gasteiger partial charge in [0.25, 0.3) is 5.69 Å². The number of nitro benzene ring substituents is 1.